The number of nitrogens with one attached hydrogen (secondary N) is 1. The summed E-state index contributed by atoms with van der Waals surface area (Å²) in [7, 11) is 3.91. The Kier molecular flexibility index (Phi) is 5.93. The van der Waals surface area contributed by atoms with Crippen molar-refractivity contribution in [3.05, 3.63) is 22.4 Å². The molecule has 0 spiro atoms. The summed E-state index contributed by atoms with van der Waals surface area (Å²) >= 11 is 1.82. The summed E-state index contributed by atoms with van der Waals surface area (Å²) in [5.74, 6) is 0.985. The van der Waals surface area contributed by atoms with Gasteiger partial charge in [-0.2, -0.15) is 0 Å². The summed E-state index contributed by atoms with van der Waals surface area (Å²) in [6.07, 6.45) is 2.21. The van der Waals surface area contributed by atoms with Crippen LogP contribution in [0.25, 0.3) is 0 Å². The lowest BCUT2D eigenvalue weighted by Crippen LogP contribution is -2.40. The zero-order valence-corrected chi connectivity index (χ0v) is 11.2. The van der Waals surface area contributed by atoms with E-state index in [1.807, 2.05) is 18.4 Å². The van der Waals surface area contributed by atoms with Crippen LogP contribution in [0.1, 0.15) is 18.2 Å². The molecule has 0 aromatic carbocycles. The molecule has 0 aliphatic carbocycles. The minimum absolute atomic E-state index is 0.982. The van der Waals surface area contributed by atoms with Crippen molar-refractivity contribution in [3.8, 4) is 0 Å². The largest absolute Gasteiger partial charge is 0.356 e. The molecule has 16 heavy (non-hydrogen) atoms. The summed E-state index contributed by atoms with van der Waals surface area (Å²) in [6.45, 7) is 4.14. The summed E-state index contributed by atoms with van der Waals surface area (Å²) in [4.78, 5) is 7.86. The van der Waals surface area contributed by atoms with Crippen molar-refractivity contribution in [1.29, 1.82) is 0 Å². The standard InChI is InChI=1S/C12H21N3S/c1-4-8-14-12(13-2)15(3)9-7-11-6-5-10-16-11/h5-6,10H,4,7-9H2,1-3H3,(H,13,14). The van der Waals surface area contributed by atoms with Gasteiger partial charge in [-0.1, -0.05) is 13.0 Å². The Morgan fingerprint density at radius 1 is 1.56 bits per heavy atom. The SMILES string of the molecule is CCCNC(=NC)N(C)CCc1cccs1. The predicted molar refractivity (Wildman–Crippen MR) is 72.3 cm³/mol. The van der Waals surface area contributed by atoms with Crippen molar-refractivity contribution in [2.45, 2.75) is 19.8 Å². The van der Waals surface area contributed by atoms with Crippen molar-refractivity contribution in [2.75, 3.05) is 27.2 Å². The van der Waals surface area contributed by atoms with Crippen LogP contribution >= 0.6 is 11.3 Å². The number of nitrogens with zero attached hydrogens (tertiary/aromatic N) is 2. The first-order valence-electron chi connectivity index (χ1n) is 5.72. The Bertz CT molecular complexity index is 306. The van der Waals surface area contributed by atoms with Gasteiger partial charge >= 0.3 is 0 Å². The third-order valence-corrected chi connectivity index (χ3v) is 3.32. The lowest BCUT2D eigenvalue weighted by atomic mass is 10.3. The topological polar surface area (TPSA) is 27.6 Å². The highest BCUT2D eigenvalue weighted by atomic mass is 32.1. The van der Waals surface area contributed by atoms with Crippen LogP contribution in [0.15, 0.2) is 22.5 Å². The van der Waals surface area contributed by atoms with Crippen molar-refractivity contribution in [1.82, 2.24) is 10.2 Å². The van der Waals surface area contributed by atoms with Crippen LogP contribution in [-0.2, 0) is 6.42 Å². The maximum absolute atomic E-state index is 4.26. The van der Waals surface area contributed by atoms with Gasteiger partial charge in [0.15, 0.2) is 5.96 Å². The average Bonchev–Trinajstić information content (AvgIpc) is 2.80. The first-order chi connectivity index (χ1) is 7.77. The van der Waals surface area contributed by atoms with Gasteiger partial charge in [0.1, 0.15) is 0 Å². The van der Waals surface area contributed by atoms with Gasteiger partial charge in [-0.25, -0.2) is 0 Å². The molecule has 0 amide bonds. The molecule has 0 fully saturated rings. The monoisotopic (exact) mass is 239 g/mol. The highest BCUT2D eigenvalue weighted by Crippen LogP contribution is 2.09. The second-order valence-corrected chi connectivity index (χ2v) is 4.76. The van der Waals surface area contributed by atoms with Gasteiger partial charge in [0, 0.05) is 32.1 Å². The van der Waals surface area contributed by atoms with Crippen molar-refractivity contribution in [3.63, 3.8) is 0 Å². The highest BCUT2D eigenvalue weighted by Gasteiger charge is 2.04. The number of aliphatic imine (C=N–C) groups is 1. The fourth-order valence-electron chi connectivity index (χ4n) is 1.46. The van der Waals surface area contributed by atoms with Crippen LogP contribution in [-0.4, -0.2) is 38.0 Å². The van der Waals surface area contributed by atoms with Gasteiger partial charge in [-0.3, -0.25) is 4.99 Å². The normalized spacial score (nSPS) is 11.6. The third-order valence-electron chi connectivity index (χ3n) is 2.38. The number of rotatable bonds is 5. The molecule has 0 saturated heterocycles. The van der Waals surface area contributed by atoms with Gasteiger partial charge in [-0.15, -0.1) is 11.3 Å². The first-order valence-corrected chi connectivity index (χ1v) is 6.60. The quantitative estimate of drug-likeness (QED) is 0.630. The van der Waals surface area contributed by atoms with E-state index >= 15 is 0 Å². The van der Waals surface area contributed by atoms with E-state index in [9.17, 15) is 0 Å². The number of likely N-dealkylation sites (N-methyl/N-ethyl adjacent to an activating group) is 1. The molecule has 1 N–H and O–H groups in total. The van der Waals surface area contributed by atoms with Crippen molar-refractivity contribution >= 4 is 17.3 Å². The molecule has 0 aliphatic rings. The fraction of sp³-hybridized carbons (Fsp3) is 0.583. The molecule has 1 aromatic rings. The van der Waals surface area contributed by atoms with E-state index in [4.69, 9.17) is 0 Å². The molecule has 90 valence electrons. The maximum atomic E-state index is 4.26. The second kappa shape index (κ2) is 7.28. The fourth-order valence-corrected chi connectivity index (χ4v) is 2.16. The van der Waals surface area contributed by atoms with Gasteiger partial charge in [0.2, 0.25) is 0 Å². The lowest BCUT2D eigenvalue weighted by molar-refractivity contribution is 0.486. The van der Waals surface area contributed by atoms with Crippen LogP contribution in [0.4, 0.5) is 0 Å². The van der Waals surface area contributed by atoms with Crippen molar-refractivity contribution < 1.29 is 0 Å². The molecule has 1 heterocycles. The number of guanidine groups is 1. The van der Waals surface area contributed by atoms with Crippen LogP contribution < -0.4 is 5.32 Å². The van der Waals surface area contributed by atoms with Gasteiger partial charge in [-0.05, 0) is 24.3 Å². The van der Waals surface area contributed by atoms with E-state index in [1.54, 1.807) is 0 Å². The summed E-state index contributed by atoms with van der Waals surface area (Å²) in [5, 5.41) is 5.45. The molecule has 1 aromatic heterocycles. The predicted octanol–water partition coefficient (Wildman–Crippen LogP) is 2.21. The lowest BCUT2D eigenvalue weighted by Gasteiger charge is -2.21. The Hall–Kier alpha value is -1.03. The Labute approximate surface area is 102 Å². The average molecular weight is 239 g/mol. The maximum Gasteiger partial charge on any atom is 0.193 e. The summed E-state index contributed by atoms with van der Waals surface area (Å²) < 4.78 is 0. The molecule has 0 bridgehead atoms. The van der Waals surface area contributed by atoms with Gasteiger partial charge in [0.25, 0.3) is 0 Å². The smallest absolute Gasteiger partial charge is 0.193 e. The molecular formula is C12H21N3S. The van der Waals surface area contributed by atoms with Crippen LogP contribution in [0.3, 0.4) is 0 Å². The minimum atomic E-state index is 0.982. The number of thiophene rings is 1. The first kappa shape index (κ1) is 13.0. The molecule has 0 unspecified atom stereocenters. The van der Waals surface area contributed by atoms with Crippen molar-refractivity contribution in [2.24, 2.45) is 4.99 Å². The van der Waals surface area contributed by atoms with Crippen LogP contribution in [0.2, 0.25) is 0 Å². The number of hydrogen-bond donors (Lipinski definition) is 1. The molecule has 0 radical (unpaired) electrons. The van der Waals surface area contributed by atoms with Crippen LogP contribution in [0.5, 0.6) is 0 Å². The van der Waals surface area contributed by atoms with E-state index in [2.05, 4.69) is 46.7 Å². The van der Waals surface area contributed by atoms with Crippen LogP contribution in [0, 0.1) is 0 Å². The molecular weight excluding hydrogens is 218 g/mol. The summed E-state index contributed by atoms with van der Waals surface area (Å²) in [6, 6.07) is 4.28. The zero-order chi connectivity index (χ0) is 11.8. The Morgan fingerprint density at radius 2 is 2.38 bits per heavy atom. The molecule has 4 heteroatoms. The van der Waals surface area contributed by atoms with Gasteiger partial charge in [0.05, 0.1) is 0 Å². The second-order valence-electron chi connectivity index (χ2n) is 3.72. The Morgan fingerprint density at radius 3 is 2.94 bits per heavy atom. The third kappa shape index (κ3) is 4.23. The summed E-state index contributed by atoms with van der Waals surface area (Å²) in [5.41, 5.74) is 0. The Balaban J connectivity index is 2.35. The van der Waals surface area contributed by atoms with Gasteiger partial charge < -0.3 is 10.2 Å². The molecule has 3 nitrogen and oxygen atoms in total. The molecule has 0 aliphatic heterocycles. The molecule has 0 atom stereocenters. The highest BCUT2D eigenvalue weighted by molar-refractivity contribution is 7.09. The molecule has 1 rings (SSSR count). The minimum Gasteiger partial charge on any atom is -0.356 e. The molecule has 0 saturated carbocycles. The van der Waals surface area contributed by atoms with E-state index in [1.165, 1.54) is 4.88 Å². The van der Waals surface area contributed by atoms with E-state index < -0.39 is 0 Å². The van der Waals surface area contributed by atoms with E-state index in [-0.39, 0.29) is 0 Å². The van der Waals surface area contributed by atoms with E-state index in [0.717, 1.165) is 31.9 Å². The zero-order valence-electron chi connectivity index (χ0n) is 10.4. The van der Waals surface area contributed by atoms with E-state index in [0.29, 0.717) is 0 Å². The number of hydrogen-bond acceptors (Lipinski definition) is 2.